The first kappa shape index (κ1) is 16.5. The Bertz CT molecular complexity index is 810. The zero-order valence-electron chi connectivity index (χ0n) is 14.3. The lowest BCUT2D eigenvalue weighted by Crippen LogP contribution is -2.14. The Labute approximate surface area is 142 Å². The van der Waals surface area contributed by atoms with E-state index in [0.29, 0.717) is 19.6 Å². The lowest BCUT2D eigenvalue weighted by atomic mass is 10.2. The smallest absolute Gasteiger partial charge is 0.138 e. The van der Waals surface area contributed by atoms with E-state index >= 15 is 0 Å². The van der Waals surface area contributed by atoms with Crippen molar-refractivity contribution in [2.24, 2.45) is 0 Å². The fourth-order valence-electron chi connectivity index (χ4n) is 2.95. The van der Waals surface area contributed by atoms with E-state index in [1.807, 2.05) is 55.5 Å². The molecule has 1 atom stereocenters. The Hall–Kier alpha value is -2.33. The molecule has 24 heavy (non-hydrogen) atoms. The minimum Gasteiger partial charge on any atom is -0.491 e. The van der Waals surface area contributed by atoms with Crippen LogP contribution in [0.3, 0.4) is 0 Å². The fourth-order valence-corrected chi connectivity index (χ4v) is 2.95. The lowest BCUT2D eigenvalue weighted by molar-refractivity contribution is 0.151. The third kappa shape index (κ3) is 3.44. The van der Waals surface area contributed by atoms with Crippen molar-refractivity contribution in [1.82, 2.24) is 9.55 Å². The molecule has 3 aromatic rings. The Kier molecular flexibility index (Phi) is 5.16. The van der Waals surface area contributed by atoms with Gasteiger partial charge in [0.25, 0.3) is 0 Å². The van der Waals surface area contributed by atoms with Gasteiger partial charge in [-0.15, -0.1) is 0 Å². The Morgan fingerprint density at radius 3 is 2.67 bits per heavy atom. The molecule has 0 aliphatic rings. The van der Waals surface area contributed by atoms with E-state index in [-0.39, 0.29) is 0 Å². The second-order valence-electron chi connectivity index (χ2n) is 6.03. The molecule has 0 aliphatic heterocycles. The van der Waals surface area contributed by atoms with Crippen molar-refractivity contribution in [1.29, 1.82) is 0 Å². The van der Waals surface area contributed by atoms with E-state index in [1.165, 1.54) is 0 Å². The number of rotatable bonds is 7. The number of fused-ring (bicyclic) bond motifs is 1. The Morgan fingerprint density at radius 2 is 1.88 bits per heavy atom. The van der Waals surface area contributed by atoms with E-state index in [1.54, 1.807) is 0 Å². The first-order valence-electron chi connectivity index (χ1n) is 8.52. The van der Waals surface area contributed by atoms with Gasteiger partial charge in [0, 0.05) is 0 Å². The monoisotopic (exact) mass is 324 g/mol. The van der Waals surface area contributed by atoms with Crippen LogP contribution in [0.15, 0.2) is 48.5 Å². The lowest BCUT2D eigenvalue weighted by Gasteiger charge is -2.14. The predicted molar refractivity (Wildman–Crippen MR) is 96.3 cm³/mol. The van der Waals surface area contributed by atoms with Gasteiger partial charge in [-0.1, -0.05) is 43.7 Å². The number of benzene rings is 2. The Balaban J connectivity index is 1.82. The molecule has 0 fully saturated rings. The predicted octanol–water partition coefficient (Wildman–Crippen LogP) is 4.26. The number of nitrogens with zero attached hydrogens (tertiary/aromatic N) is 2. The molecule has 0 spiro atoms. The standard InChI is InChI=1S/C20H24N2O2/c1-3-8-18(23)20-21-16-10-5-6-11-17(16)22(20)13-14-24-19-12-7-4-9-15(19)2/h4-7,9-12,18,23H,3,8,13-14H2,1-2H3/t18-/m0/s1. The van der Waals surface area contributed by atoms with E-state index in [9.17, 15) is 5.11 Å². The number of aryl methyl sites for hydroxylation is 1. The van der Waals surface area contributed by atoms with Gasteiger partial charge in [-0.05, 0) is 37.1 Å². The number of hydrogen-bond donors (Lipinski definition) is 1. The summed E-state index contributed by atoms with van der Waals surface area (Å²) in [5.41, 5.74) is 3.08. The SMILES string of the molecule is CCC[C@H](O)c1nc2ccccc2n1CCOc1ccccc1C. The molecule has 3 rings (SSSR count). The van der Waals surface area contributed by atoms with Crippen molar-refractivity contribution >= 4 is 11.0 Å². The average molecular weight is 324 g/mol. The van der Waals surface area contributed by atoms with Crippen LogP contribution in [0, 0.1) is 6.92 Å². The van der Waals surface area contributed by atoms with Crippen molar-refractivity contribution in [2.45, 2.75) is 39.3 Å². The van der Waals surface area contributed by atoms with Crippen LogP contribution in [0.25, 0.3) is 11.0 Å². The summed E-state index contributed by atoms with van der Waals surface area (Å²) in [6.07, 6.45) is 1.09. The molecule has 1 N–H and O–H groups in total. The van der Waals surface area contributed by atoms with Crippen LogP contribution in [-0.4, -0.2) is 21.3 Å². The van der Waals surface area contributed by atoms with Crippen LogP contribution in [0.2, 0.25) is 0 Å². The van der Waals surface area contributed by atoms with E-state index in [2.05, 4.69) is 16.5 Å². The average Bonchev–Trinajstić information content (AvgIpc) is 2.96. The van der Waals surface area contributed by atoms with Crippen LogP contribution in [-0.2, 0) is 6.54 Å². The maximum Gasteiger partial charge on any atom is 0.138 e. The molecule has 0 saturated heterocycles. The maximum atomic E-state index is 10.4. The van der Waals surface area contributed by atoms with Crippen molar-refractivity contribution in [3.8, 4) is 5.75 Å². The normalized spacial score (nSPS) is 12.5. The molecule has 0 bridgehead atoms. The van der Waals surface area contributed by atoms with Crippen LogP contribution in [0.1, 0.15) is 37.3 Å². The first-order chi connectivity index (χ1) is 11.7. The van der Waals surface area contributed by atoms with Crippen molar-refractivity contribution < 1.29 is 9.84 Å². The number of aliphatic hydroxyl groups is 1. The quantitative estimate of drug-likeness (QED) is 0.706. The van der Waals surface area contributed by atoms with E-state index in [4.69, 9.17) is 4.74 Å². The minimum absolute atomic E-state index is 0.539. The largest absolute Gasteiger partial charge is 0.491 e. The van der Waals surface area contributed by atoms with E-state index in [0.717, 1.165) is 34.6 Å². The molecule has 126 valence electrons. The summed E-state index contributed by atoms with van der Waals surface area (Å²) in [6, 6.07) is 16.0. The van der Waals surface area contributed by atoms with Gasteiger partial charge in [0.15, 0.2) is 0 Å². The topological polar surface area (TPSA) is 47.3 Å². The second-order valence-corrected chi connectivity index (χ2v) is 6.03. The molecule has 4 heteroatoms. The molecule has 0 unspecified atom stereocenters. The highest BCUT2D eigenvalue weighted by molar-refractivity contribution is 5.76. The molecule has 0 saturated carbocycles. The van der Waals surface area contributed by atoms with Gasteiger partial charge in [0.2, 0.25) is 0 Å². The van der Waals surface area contributed by atoms with Gasteiger partial charge < -0.3 is 14.4 Å². The zero-order valence-corrected chi connectivity index (χ0v) is 14.3. The zero-order chi connectivity index (χ0) is 16.9. The summed E-state index contributed by atoms with van der Waals surface area (Å²) in [5.74, 6) is 1.63. The molecule has 2 aromatic carbocycles. The molecule has 1 heterocycles. The third-order valence-corrected chi connectivity index (χ3v) is 4.21. The number of imidazole rings is 1. The van der Waals surface area contributed by atoms with Crippen LogP contribution in [0.5, 0.6) is 5.75 Å². The Morgan fingerprint density at radius 1 is 1.12 bits per heavy atom. The molecular formula is C20H24N2O2. The van der Waals surface area contributed by atoms with Crippen LogP contribution in [0.4, 0.5) is 0 Å². The van der Waals surface area contributed by atoms with Crippen LogP contribution < -0.4 is 4.74 Å². The van der Waals surface area contributed by atoms with Gasteiger partial charge in [-0.3, -0.25) is 0 Å². The summed E-state index contributed by atoms with van der Waals surface area (Å²) >= 11 is 0. The summed E-state index contributed by atoms with van der Waals surface area (Å²) in [4.78, 5) is 4.63. The second kappa shape index (κ2) is 7.49. The highest BCUT2D eigenvalue weighted by atomic mass is 16.5. The summed E-state index contributed by atoms with van der Waals surface area (Å²) in [5, 5.41) is 10.4. The molecule has 4 nitrogen and oxygen atoms in total. The number of aliphatic hydroxyl groups excluding tert-OH is 1. The fraction of sp³-hybridized carbons (Fsp3) is 0.350. The molecule has 0 radical (unpaired) electrons. The number of para-hydroxylation sites is 3. The molecule has 0 amide bonds. The molecular weight excluding hydrogens is 300 g/mol. The van der Waals surface area contributed by atoms with Gasteiger partial charge in [0.1, 0.15) is 24.3 Å². The van der Waals surface area contributed by atoms with Gasteiger partial charge in [-0.2, -0.15) is 0 Å². The summed E-state index contributed by atoms with van der Waals surface area (Å²) in [7, 11) is 0. The van der Waals surface area contributed by atoms with Gasteiger partial charge in [0.05, 0.1) is 17.6 Å². The van der Waals surface area contributed by atoms with Gasteiger partial charge >= 0.3 is 0 Å². The van der Waals surface area contributed by atoms with Crippen molar-refractivity contribution in [3.05, 3.63) is 59.9 Å². The number of ether oxygens (including phenoxy) is 1. The van der Waals surface area contributed by atoms with Crippen LogP contribution >= 0.6 is 0 Å². The summed E-state index contributed by atoms with van der Waals surface area (Å²) in [6.45, 7) is 5.30. The third-order valence-electron chi connectivity index (χ3n) is 4.21. The summed E-state index contributed by atoms with van der Waals surface area (Å²) < 4.78 is 8.00. The van der Waals surface area contributed by atoms with Gasteiger partial charge in [-0.25, -0.2) is 4.98 Å². The maximum absolute atomic E-state index is 10.4. The van der Waals surface area contributed by atoms with E-state index < -0.39 is 6.10 Å². The highest BCUT2D eigenvalue weighted by Crippen LogP contribution is 2.24. The van der Waals surface area contributed by atoms with Crippen molar-refractivity contribution in [3.63, 3.8) is 0 Å². The number of aromatic nitrogens is 2. The molecule has 0 aliphatic carbocycles. The van der Waals surface area contributed by atoms with Crippen molar-refractivity contribution in [2.75, 3.05) is 6.61 Å². The molecule has 1 aromatic heterocycles. The highest BCUT2D eigenvalue weighted by Gasteiger charge is 2.17. The minimum atomic E-state index is -0.541. The number of hydrogen-bond acceptors (Lipinski definition) is 3. The first-order valence-corrected chi connectivity index (χ1v) is 8.52.